The summed E-state index contributed by atoms with van der Waals surface area (Å²) in [6.45, 7) is 2.35. The van der Waals surface area contributed by atoms with Crippen LogP contribution in [0.1, 0.15) is 24.1 Å². The lowest BCUT2D eigenvalue weighted by molar-refractivity contribution is -0.132. The molecule has 1 aromatic heterocycles. The number of anilines is 1. The molecule has 2 aromatic carbocycles. The lowest BCUT2D eigenvalue weighted by atomic mass is 9.96. The molecule has 1 N–H and O–H groups in total. The van der Waals surface area contributed by atoms with E-state index in [4.69, 9.17) is 4.74 Å². The van der Waals surface area contributed by atoms with E-state index in [1.807, 2.05) is 13.0 Å². The average Bonchev–Trinajstić information content (AvgIpc) is 3.05. The Hall–Kier alpha value is -3.93. The van der Waals surface area contributed by atoms with Crippen LogP contribution in [0.5, 0.6) is 5.75 Å². The smallest absolute Gasteiger partial charge is 0.300 e. The van der Waals surface area contributed by atoms with Gasteiger partial charge in [-0.15, -0.1) is 0 Å². The molecule has 1 unspecified atom stereocenters. The van der Waals surface area contributed by atoms with Crippen molar-refractivity contribution in [2.75, 3.05) is 11.5 Å². The predicted molar refractivity (Wildman–Crippen MR) is 113 cm³/mol. The van der Waals surface area contributed by atoms with E-state index >= 15 is 0 Å². The Bertz CT molecular complexity index is 1110. The Balaban J connectivity index is 1.91. The molecule has 0 radical (unpaired) electrons. The Morgan fingerprint density at radius 1 is 1.03 bits per heavy atom. The van der Waals surface area contributed by atoms with Crippen LogP contribution in [0.2, 0.25) is 0 Å². The van der Waals surface area contributed by atoms with E-state index in [0.29, 0.717) is 29.2 Å². The van der Waals surface area contributed by atoms with Crippen LogP contribution in [0.3, 0.4) is 0 Å². The molecule has 4 rings (SSSR count). The van der Waals surface area contributed by atoms with Gasteiger partial charge in [0.05, 0.1) is 18.2 Å². The second-order valence-corrected chi connectivity index (χ2v) is 6.75. The van der Waals surface area contributed by atoms with Gasteiger partial charge in [0.25, 0.3) is 11.7 Å². The number of pyridine rings is 1. The Kier molecular flexibility index (Phi) is 5.30. The topological polar surface area (TPSA) is 79.7 Å². The number of benzene rings is 2. The number of aromatic nitrogens is 1. The molecule has 0 bridgehead atoms. The van der Waals surface area contributed by atoms with Crippen LogP contribution in [0, 0.1) is 0 Å². The molecule has 1 atom stereocenters. The van der Waals surface area contributed by atoms with Crippen LogP contribution in [0.4, 0.5) is 5.69 Å². The van der Waals surface area contributed by atoms with Gasteiger partial charge in [0.15, 0.2) is 0 Å². The van der Waals surface area contributed by atoms with Crippen molar-refractivity contribution in [1.29, 1.82) is 0 Å². The summed E-state index contributed by atoms with van der Waals surface area (Å²) < 4.78 is 5.56. The molecule has 0 aliphatic carbocycles. The van der Waals surface area contributed by atoms with E-state index in [1.54, 1.807) is 73.1 Å². The van der Waals surface area contributed by atoms with Crippen molar-refractivity contribution in [1.82, 2.24) is 4.98 Å². The first kappa shape index (κ1) is 19.4. The number of aliphatic hydroxyl groups excluding tert-OH is 1. The fraction of sp³-hybridized carbons (Fsp3) is 0.125. The second-order valence-electron chi connectivity index (χ2n) is 6.75. The fourth-order valence-electron chi connectivity index (χ4n) is 3.60. The van der Waals surface area contributed by atoms with Gasteiger partial charge in [0.1, 0.15) is 11.5 Å². The van der Waals surface area contributed by atoms with Crippen molar-refractivity contribution in [3.63, 3.8) is 0 Å². The number of ether oxygens (including phenoxy) is 1. The number of nitrogens with zero attached hydrogens (tertiary/aromatic N) is 2. The van der Waals surface area contributed by atoms with Crippen molar-refractivity contribution >= 4 is 23.1 Å². The second kappa shape index (κ2) is 8.21. The minimum atomic E-state index is -0.787. The number of rotatable bonds is 5. The number of hydrogen-bond donors (Lipinski definition) is 1. The molecule has 1 aliphatic rings. The van der Waals surface area contributed by atoms with Crippen molar-refractivity contribution in [3.8, 4) is 5.75 Å². The normalized spacial score (nSPS) is 17.9. The summed E-state index contributed by atoms with van der Waals surface area (Å²) in [5.74, 6) is -1.06. The van der Waals surface area contributed by atoms with Gasteiger partial charge in [0, 0.05) is 29.7 Å². The minimum Gasteiger partial charge on any atom is -0.507 e. The quantitative estimate of drug-likeness (QED) is 0.396. The van der Waals surface area contributed by atoms with E-state index in [-0.39, 0.29) is 11.3 Å². The SMILES string of the molecule is CCOc1cccc(N2C(=O)C(=O)/C(=C(/O)c3ccccc3)C2c2ccncc2)c1. The number of carbonyl (C=O) groups is 2. The van der Waals surface area contributed by atoms with Gasteiger partial charge >= 0.3 is 0 Å². The highest BCUT2D eigenvalue weighted by molar-refractivity contribution is 6.51. The molecule has 2 heterocycles. The van der Waals surface area contributed by atoms with Crippen LogP contribution >= 0.6 is 0 Å². The number of hydrogen-bond acceptors (Lipinski definition) is 5. The van der Waals surface area contributed by atoms with E-state index in [2.05, 4.69) is 4.98 Å². The van der Waals surface area contributed by atoms with Crippen molar-refractivity contribution in [2.24, 2.45) is 0 Å². The monoisotopic (exact) mass is 400 g/mol. The third kappa shape index (κ3) is 3.43. The minimum absolute atomic E-state index is 0.0409. The number of aliphatic hydroxyl groups is 1. The molecular formula is C24H20N2O4. The van der Waals surface area contributed by atoms with Gasteiger partial charge < -0.3 is 9.84 Å². The summed E-state index contributed by atoms with van der Waals surface area (Å²) in [6, 6.07) is 18.4. The first-order valence-electron chi connectivity index (χ1n) is 9.61. The number of carbonyl (C=O) groups excluding carboxylic acids is 2. The maximum Gasteiger partial charge on any atom is 0.300 e. The molecule has 6 nitrogen and oxygen atoms in total. The molecule has 1 fully saturated rings. The van der Waals surface area contributed by atoms with E-state index < -0.39 is 17.7 Å². The van der Waals surface area contributed by atoms with Crippen LogP contribution in [-0.2, 0) is 9.59 Å². The summed E-state index contributed by atoms with van der Waals surface area (Å²) in [4.78, 5) is 31.6. The van der Waals surface area contributed by atoms with Crippen molar-refractivity contribution < 1.29 is 19.4 Å². The van der Waals surface area contributed by atoms with E-state index in [9.17, 15) is 14.7 Å². The first-order chi connectivity index (χ1) is 14.6. The van der Waals surface area contributed by atoms with Gasteiger partial charge in [-0.3, -0.25) is 19.5 Å². The lowest BCUT2D eigenvalue weighted by Crippen LogP contribution is -2.29. The summed E-state index contributed by atoms with van der Waals surface area (Å²) in [6.07, 6.45) is 3.18. The zero-order valence-corrected chi connectivity index (χ0v) is 16.4. The molecular weight excluding hydrogens is 380 g/mol. The third-order valence-electron chi connectivity index (χ3n) is 4.92. The highest BCUT2D eigenvalue weighted by Gasteiger charge is 2.47. The molecule has 3 aromatic rings. The molecule has 0 saturated carbocycles. The predicted octanol–water partition coefficient (Wildman–Crippen LogP) is 4.11. The number of Topliss-reactive ketones (excluding diaryl/α,β-unsaturated/α-hetero) is 1. The highest BCUT2D eigenvalue weighted by atomic mass is 16.5. The standard InChI is InChI=1S/C24H20N2O4/c1-2-30-19-10-6-9-18(15-19)26-21(16-11-13-25-14-12-16)20(23(28)24(26)29)22(27)17-7-4-3-5-8-17/h3-15,21,27H,2H2,1H3/b22-20+. The largest absolute Gasteiger partial charge is 0.507 e. The Morgan fingerprint density at radius 2 is 1.77 bits per heavy atom. The van der Waals surface area contributed by atoms with Crippen molar-refractivity contribution in [2.45, 2.75) is 13.0 Å². The number of ketones is 1. The fourth-order valence-corrected chi connectivity index (χ4v) is 3.60. The van der Waals surface area contributed by atoms with E-state index in [0.717, 1.165) is 0 Å². The zero-order chi connectivity index (χ0) is 21.1. The van der Waals surface area contributed by atoms with Gasteiger partial charge in [-0.05, 0) is 36.8 Å². The number of amides is 1. The molecule has 0 spiro atoms. The van der Waals surface area contributed by atoms with Gasteiger partial charge in [-0.1, -0.05) is 36.4 Å². The first-order valence-corrected chi connectivity index (χ1v) is 9.61. The maximum atomic E-state index is 13.1. The third-order valence-corrected chi connectivity index (χ3v) is 4.92. The summed E-state index contributed by atoms with van der Waals surface area (Å²) in [5, 5.41) is 11.0. The zero-order valence-electron chi connectivity index (χ0n) is 16.4. The molecule has 1 aliphatic heterocycles. The van der Waals surface area contributed by atoms with Crippen molar-refractivity contribution in [3.05, 3.63) is 95.8 Å². The van der Waals surface area contributed by atoms with Gasteiger partial charge in [-0.25, -0.2) is 0 Å². The Labute approximate surface area is 174 Å². The molecule has 1 amide bonds. The molecule has 1 saturated heterocycles. The summed E-state index contributed by atoms with van der Waals surface area (Å²) in [7, 11) is 0. The maximum absolute atomic E-state index is 13.1. The highest BCUT2D eigenvalue weighted by Crippen LogP contribution is 2.42. The van der Waals surface area contributed by atoms with Crippen LogP contribution in [0.15, 0.2) is 84.7 Å². The summed E-state index contributed by atoms with van der Waals surface area (Å²) >= 11 is 0. The molecule has 30 heavy (non-hydrogen) atoms. The Morgan fingerprint density at radius 3 is 2.47 bits per heavy atom. The van der Waals surface area contributed by atoms with Crippen LogP contribution < -0.4 is 9.64 Å². The average molecular weight is 400 g/mol. The molecule has 6 heteroatoms. The molecule has 150 valence electrons. The summed E-state index contributed by atoms with van der Waals surface area (Å²) in [5.41, 5.74) is 1.69. The van der Waals surface area contributed by atoms with Gasteiger partial charge in [-0.2, -0.15) is 0 Å². The lowest BCUT2D eigenvalue weighted by Gasteiger charge is -2.25. The van der Waals surface area contributed by atoms with E-state index in [1.165, 1.54) is 4.90 Å². The van der Waals surface area contributed by atoms with Gasteiger partial charge in [0.2, 0.25) is 0 Å². The van der Waals surface area contributed by atoms with Crippen LogP contribution in [-0.4, -0.2) is 28.4 Å². The van der Waals surface area contributed by atoms with Crippen LogP contribution in [0.25, 0.3) is 5.76 Å².